The summed E-state index contributed by atoms with van der Waals surface area (Å²) in [4.78, 5) is 0. The first kappa shape index (κ1) is 20.2. The third kappa shape index (κ3) is 5.27. The number of hydrogen-bond donors (Lipinski definition) is 0. The van der Waals surface area contributed by atoms with Crippen LogP contribution in [0.3, 0.4) is 0 Å². The van der Waals surface area contributed by atoms with Crippen LogP contribution in [-0.2, 0) is 0 Å². The van der Waals surface area contributed by atoms with Gasteiger partial charge in [0.25, 0.3) is 0 Å². The number of rotatable bonds is 6. The van der Waals surface area contributed by atoms with Gasteiger partial charge in [0.2, 0.25) is 0 Å². The highest BCUT2D eigenvalue weighted by molar-refractivity contribution is 5.23. The minimum Gasteiger partial charge on any atom is -0.204 e. The molecule has 0 bridgehead atoms. The lowest BCUT2D eigenvalue weighted by atomic mass is 9.68. The smallest absolute Gasteiger partial charge is 0.194 e. The van der Waals surface area contributed by atoms with E-state index in [1.165, 1.54) is 44.2 Å². The van der Waals surface area contributed by atoms with Crippen molar-refractivity contribution in [1.82, 2.24) is 0 Å². The Bertz CT molecular complexity index is 625. The molecule has 2 saturated carbocycles. The Balaban J connectivity index is 1.45. The molecule has 0 atom stereocenters. The van der Waals surface area contributed by atoms with E-state index in [2.05, 4.69) is 12.7 Å². The van der Waals surface area contributed by atoms with Crippen LogP contribution in [0, 0.1) is 35.2 Å². The van der Waals surface area contributed by atoms with Crippen molar-refractivity contribution in [2.24, 2.45) is 17.8 Å². The summed E-state index contributed by atoms with van der Waals surface area (Å²) in [5.41, 5.74) is 0.626. The molecule has 1 aromatic rings. The third-order valence-corrected chi connectivity index (χ3v) is 6.82. The van der Waals surface area contributed by atoms with Gasteiger partial charge in [0.05, 0.1) is 0 Å². The summed E-state index contributed by atoms with van der Waals surface area (Å²) >= 11 is 0. The van der Waals surface area contributed by atoms with Crippen LogP contribution in [0.15, 0.2) is 36.9 Å². The zero-order valence-corrected chi connectivity index (χ0v) is 16.1. The molecule has 0 heterocycles. The Kier molecular flexibility index (Phi) is 7.20. The normalized spacial score (nSPS) is 29.1. The first-order chi connectivity index (χ1) is 13.1. The molecule has 0 nitrogen and oxygen atoms in total. The maximum Gasteiger partial charge on any atom is 0.194 e. The molecule has 2 fully saturated rings. The zero-order valence-electron chi connectivity index (χ0n) is 16.1. The molecule has 0 radical (unpaired) electrons. The van der Waals surface area contributed by atoms with Crippen molar-refractivity contribution in [3.63, 3.8) is 0 Å². The zero-order chi connectivity index (χ0) is 19.2. The van der Waals surface area contributed by atoms with Crippen LogP contribution < -0.4 is 0 Å². The fraction of sp³-hybridized carbons (Fsp3) is 0.583. The average molecular weight is 377 g/mol. The summed E-state index contributed by atoms with van der Waals surface area (Å²) < 4.78 is 40.2. The standard InChI is InChI=1S/C24H31F3/c1-2-3-4-5-6-17-7-9-18(10-8-17)19-11-13-20(14-12-19)21-15-22(25)24(27)23(26)16-21/h2-4,15-20H,1,5-14H2/b4-3+. The summed E-state index contributed by atoms with van der Waals surface area (Å²) in [5.74, 6) is -0.896. The third-order valence-electron chi connectivity index (χ3n) is 6.82. The van der Waals surface area contributed by atoms with Gasteiger partial charge in [0, 0.05) is 0 Å². The van der Waals surface area contributed by atoms with Gasteiger partial charge in [0.1, 0.15) is 0 Å². The molecule has 148 valence electrons. The molecule has 3 rings (SSSR count). The molecule has 0 aromatic heterocycles. The second-order valence-corrected chi connectivity index (χ2v) is 8.43. The van der Waals surface area contributed by atoms with Crippen LogP contribution in [0.1, 0.15) is 75.7 Å². The maximum absolute atomic E-state index is 13.5. The van der Waals surface area contributed by atoms with Gasteiger partial charge in [-0.15, -0.1) is 0 Å². The summed E-state index contributed by atoms with van der Waals surface area (Å²) in [5, 5.41) is 0. The monoisotopic (exact) mass is 376 g/mol. The van der Waals surface area contributed by atoms with Crippen molar-refractivity contribution >= 4 is 0 Å². The van der Waals surface area contributed by atoms with Gasteiger partial charge in [-0.05, 0) is 92.7 Å². The van der Waals surface area contributed by atoms with Crippen LogP contribution >= 0.6 is 0 Å². The van der Waals surface area contributed by atoms with E-state index in [-0.39, 0.29) is 5.92 Å². The van der Waals surface area contributed by atoms with Gasteiger partial charge in [-0.2, -0.15) is 0 Å². The quantitative estimate of drug-likeness (QED) is 0.352. The molecule has 0 amide bonds. The van der Waals surface area contributed by atoms with Crippen LogP contribution in [0.2, 0.25) is 0 Å². The average Bonchev–Trinajstić information content (AvgIpc) is 2.70. The second-order valence-electron chi connectivity index (χ2n) is 8.43. The van der Waals surface area contributed by atoms with Gasteiger partial charge in [0.15, 0.2) is 17.5 Å². The molecule has 0 N–H and O–H groups in total. The van der Waals surface area contributed by atoms with Gasteiger partial charge in [-0.1, -0.05) is 37.6 Å². The Morgan fingerprint density at radius 1 is 0.852 bits per heavy atom. The first-order valence-corrected chi connectivity index (χ1v) is 10.5. The van der Waals surface area contributed by atoms with Gasteiger partial charge in [-0.3, -0.25) is 0 Å². The molecular formula is C24H31F3. The second kappa shape index (κ2) is 9.61. The highest BCUT2D eigenvalue weighted by Crippen LogP contribution is 2.44. The van der Waals surface area contributed by atoms with E-state index in [1.807, 2.05) is 12.2 Å². The molecule has 1 aromatic carbocycles. The number of halogens is 3. The Morgan fingerprint density at radius 3 is 1.96 bits per heavy atom. The molecule has 3 heteroatoms. The predicted octanol–water partition coefficient (Wildman–Crippen LogP) is 7.71. The van der Waals surface area contributed by atoms with E-state index in [9.17, 15) is 13.2 Å². The Hall–Kier alpha value is -1.51. The molecule has 0 saturated heterocycles. The fourth-order valence-corrected chi connectivity index (χ4v) is 5.21. The summed E-state index contributed by atoms with van der Waals surface area (Å²) in [6.45, 7) is 3.70. The highest BCUT2D eigenvalue weighted by atomic mass is 19.2. The number of hydrogen-bond acceptors (Lipinski definition) is 0. The fourth-order valence-electron chi connectivity index (χ4n) is 5.21. The molecular weight excluding hydrogens is 345 g/mol. The van der Waals surface area contributed by atoms with Crippen molar-refractivity contribution in [1.29, 1.82) is 0 Å². The van der Waals surface area contributed by atoms with Crippen molar-refractivity contribution in [2.45, 2.75) is 70.1 Å². The van der Waals surface area contributed by atoms with E-state index < -0.39 is 17.5 Å². The van der Waals surface area contributed by atoms with Crippen molar-refractivity contribution in [3.8, 4) is 0 Å². The van der Waals surface area contributed by atoms with Gasteiger partial charge < -0.3 is 0 Å². The van der Waals surface area contributed by atoms with E-state index in [0.717, 1.165) is 49.9 Å². The lowest BCUT2D eigenvalue weighted by Gasteiger charge is -2.38. The van der Waals surface area contributed by atoms with Gasteiger partial charge in [-0.25, -0.2) is 13.2 Å². The van der Waals surface area contributed by atoms with Crippen molar-refractivity contribution < 1.29 is 13.2 Å². The van der Waals surface area contributed by atoms with Crippen LogP contribution in [0.5, 0.6) is 0 Å². The molecule has 0 aliphatic heterocycles. The summed E-state index contributed by atoms with van der Waals surface area (Å²) in [6, 6.07) is 2.38. The molecule has 2 aliphatic rings. The van der Waals surface area contributed by atoms with Gasteiger partial charge >= 0.3 is 0 Å². The van der Waals surface area contributed by atoms with E-state index in [0.29, 0.717) is 5.56 Å². The van der Waals surface area contributed by atoms with E-state index in [1.54, 1.807) is 0 Å². The van der Waals surface area contributed by atoms with E-state index >= 15 is 0 Å². The predicted molar refractivity (Wildman–Crippen MR) is 105 cm³/mol. The lowest BCUT2D eigenvalue weighted by Crippen LogP contribution is -2.25. The van der Waals surface area contributed by atoms with E-state index in [4.69, 9.17) is 0 Å². The largest absolute Gasteiger partial charge is 0.204 e. The highest BCUT2D eigenvalue weighted by Gasteiger charge is 2.31. The SMILES string of the molecule is C=C/C=C/CCC1CCC(C2CCC(c3cc(F)c(F)c(F)c3)CC2)CC1. The minimum absolute atomic E-state index is 0.166. The Labute approximate surface area is 161 Å². The van der Waals surface area contributed by atoms with Crippen LogP contribution in [0.25, 0.3) is 0 Å². The lowest BCUT2D eigenvalue weighted by molar-refractivity contribution is 0.157. The Morgan fingerprint density at radius 2 is 1.41 bits per heavy atom. The van der Waals surface area contributed by atoms with Crippen LogP contribution in [0.4, 0.5) is 13.2 Å². The topological polar surface area (TPSA) is 0 Å². The summed E-state index contributed by atoms with van der Waals surface area (Å²) in [6.07, 6.45) is 18.0. The van der Waals surface area contributed by atoms with Crippen molar-refractivity contribution in [3.05, 3.63) is 60.0 Å². The van der Waals surface area contributed by atoms with Crippen molar-refractivity contribution in [2.75, 3.05) is 0 Å². The van der Waals surface area contributed by atoms with Crippen LogP contribution in [-0.4, -0.2) is 0 Å². The minimum atomic E-state index is -1.36. The number of benzene rings is 1. The molecule has 27 heavy (non-hydrogen) atoms. The first-order valence-electron chi connectivity index (χ1n) is 10.5. The summed E-state index contributed by atoms with van der Waals surface area (Å²) in [7, 11) is 0. The molecule has 2 aliphatic carbocycles. The maximum atomic E-state index is 13.5. The number of allylic oxidation sites excluding steroid dienone is 3. The molecule has 0 unspecified atom stereocenters. The molecule has 0 spiro atoms.